The summed E-state index contributed by atoms with van der Waals surface area (Å²) in [4.78, 5) is 14.7. The fourth-order valence-electron chi connectivity index (χ4n) is 4.03. The highest BCUT2D eigenvalue weighted by Crippen LogP contribution is 2.27. The summed E-state index contributed by atoms with van der Waals surface area (Å²) < 4.78 is 18.5. The first-order valence-electron chi connectivity index (χ1n) is 9.69. The molecule has 0 amide bonds. The maximum absolute atomic E-state index is 13.3. The van der Waals surface area contributed by atoms with Crippen molar-refractivity contribution in [3.05, 3.63) is 65.8 Å². The van der Waals surface area contributed by atoms with Crippen molar-refractivity contribution in [1.82, 2.24) is 10.1 Å². The number of aliphatic hydroxyl groups excluding tert-OH is 1. The van der Waals surface area contributed by atoms with E-state index in [4.69, 9.17) is 4.52 Å². The molecule has 2 aliphatic rings. The van der Waals surface area contributed by atoms with Crippen LogP contribution in [0, 0.1) is 11.7 Å². The lowest BCUT2D eigenvalue weighted by Crippen LogP contribution is -2.45. The normalized spacial score (nSPS) is 22.1. The molecule has 28 heavy (non-hydrogen) atoms. The number of rotatable bonds is 5. The van der Waals surface area contributed by atoms with Gasteiger partial charge in [-0.05, 0) is 50.2 Å². The molecule has 1 fully saturated rings. The van der Waals surface area contributed by atoms with Crippen molar-refractivity contribution in [2.75, 3.05) is 13.1 Å². The molecule has 0 spiro atoms. The number of carbonyl (C=O) groups excluding carboxylic acids is 1. The molecule has 1 aromatic carbocycles. The van der Waals surface area contributed by atoms with Gasteiger partial charge in [-0.2, -0.15) is 0 Å². The van der Waals surface area contributed by atoms with E-state index in [9.17, 15) is 14.3 Å². The van der Waals surface area contributed by atoms with Crippen molar-refractivity contribution >= 4 is 16.8 Å². The number of likely N-dealkylation sites (tertiary alicyclic amines) is 1. The number of carbonyl (C=O) groups is 1. The second kappa shape index (κ2) is 8.10. The van der Waals surface area contributed by atoms with Gasteiger partial charge in [0.25, 0.3) is 0 Å². The Balaban J connectivity index is 1.57. The highest BCUT2D eigenvalue weighted by Gasteiger charge is 2.34. The van der Waals surface area contributed by atoms with Crippen LogP contribution in [0.4, 0.5) is 4.39 Å². The minimum absolute atomic E-state index is 0.0809. The molecule has 6 heteroatoms. The molecule has 2 unspecified atom stereocenters. The van der Waals surface area contributed by atoms with Crippen LogP contribution in [-0.2, 0) is 11.2 Å². The van der Waals surface area contributed by atoms with Gasteiger partial charge in [-0.25, -0.2) is 4.39 Å². The van der Waals surface area contributed by atoms with E-state index in [1.54, 1.807) is 18.2 Å². The smallest absolute Gasteiger partial charge is 0.170 e. The van der Waals surface area contributed by atoms with Gasteiger partial charge in [0, 0.05) is 23.9 Å². The van der Waals surface area contributed by atoms with Gasteiger partial charge < -0.3 is 9.63 Å². The Bertz CT molecular complexity index is 954. The van der Waals surface area contributed by atoms with Crippen LogP contribution < -0.4 is 0 Å². The van der Waals surface area contributed by atoms with Crippen molar-refractivity contribution in [2.24, 2.45) is 5.92 Å². The summed E-state index contributed by atoms with van der Waals surface area (Å²) in [6.07, 6.45) is 12.5. The number of aliphatic hydroxyl groups is 1. The summed E-state index contributed by atoms with van der Waals surface area (Å²) >= 11 is 0. The Labute approximate surface area is 162 Å². The summed E-state index contributed by atoms with van der Waals surface area (Å²) in [5, 5.41) is 15.2. The molecule has 2 atom stereocenters. The Morgan fingerprint density at radius 3 is 2.93 bits per heavy atom. The topological polar surface area (TPSA) is 66.6 Å². The summed E-state index contributed by atoms with van der Waals surface area (Å²) in [6, 6.07) is 4.17. The lowest BCUT2D eigenvalue weighted by molar-refractivity contribution is -0.119. The number of allylic oxidation sites excluding steroid dienone is 4. The number of piperidine rings is 1. The Hall–Kier alpha value is -2.73. The zero-order valence-corrected chi connectivity index (χ0v) is 15.6. The number of benzene rings is 1. The molecule has 1 N–H and O–H groups in total. The van der Waals surface area contributed by atoms with Gasteiger partial charge in [0.2, 0.25) is 0 Å². The molecule has 0 bridgehead atoms. The third-order valence-corrected chi connectivity index (χ3v) is 5.46. The van der Waals surface area contributed by atoms with Gasteiger partial charge in [-0.1, -0.05) is 29.8 Å². The van der Waals surface area contributed by atoms with Crippen LogP contribution >= 0.6 is 0 Å². The van der Waals surface area contributed by atoms with Crippen LogP contribution in [0.1, 0.15) is 25.0 Å². The SMILES string of the molecule is O=C1C=CC=C(O)C1C(C=CCc1noc2cc(F)ccc12)N1CCCCC1. The van der Waals surface area contributed by atoms with Crippen LogP contribution in [0.5, 0.6) is 0 Å². The number of ketones is 1. The highest BCUT2D eigenvalue weighted by atomic mass is 19.1. The molecule has 1 saturated heterocycles. The molecular weight excluding hydrogens is 359 g/mol. The van der Waals surface area contributed by atoms with Crippen LogP contribution in [0.15, 0.2) is 58.9 Å². The van der Waals surface area contributed by atoms with E-state index in [0.29, 0.717) is 12.0 Å². The maximum atomic E-state index is 13.3. The number of hydrogen-bond acceptors (Lipinski definition) is 5. The van der Waals surface area contributed by atoms with Gasteiger partial charge in [0.15, 0.2) is 11.4 Å². The summed E-state index contributed by atoms with van der Waals surface area (Å²) in [5.74, 6) is -0.915. The number of nitrogens with zero attached hydrogens (tertiary/aromatic N) is 2. The van der Waals surface area contributed by atoms with Crippen LogP contribution in [0.3, 0.4) is 0 Å². The Morgan fingerprint density at radius 2 is 2.14 bits per heavy atom. The lowest BCUT2D eigenvalue weighted by Gasteiger charge is -2.37. The van der Waals surface area contributed by atoms with E-state index in [1.165, 1.54) is 24.6 Å². The molecule has 0 saturated carbocycles. The molecule has 1 aromatic heterocycles. The fourth-order valence-corrected chi connectivity index (χ4v) is 4.03. The minimum Gasteiger partial charge on any atom is -0.511 e. The third-order valence-electron chi connectivity index (χ3n) is 5.46. The van der Waals surface area contributed by atoms with Gasteiger partial charge in [0.1, 0.15) is 11.6 Å². The second-order valence-electron chi connectivity index (χ2n) is 7.32. The summed E-state index contributed by atoms with van der Waals surface area (Å²) in [5.41, 5.74) is 1.14. The molecule has 2 aromatic rings. The van der Waals surface area contributed by atoms with Crippen molar-refractivity contribution < 1.29 is 18.8 Å². The average molecular weight is 382 g/mol. The number of hydrogen-bond donors (Lipinski definition) is 1. The second-order valence-corrected chi connectivity index (χ2v) is 7.32. The Kier molecular flexibility index (Phi) is 5.39. The molecule has 4 rings (SSSR count). The monoisotopic (exact) mass is 382 g/mol. The first-order chi connectivity index (χ1) is 13.6. The molecule has 0 radical (unpaired) electrons. The molecule has 146 valence electrons. The van der Waals surface area contributed by atoms with Crippen LogP contribution in [0.25, 0.3) is 11.0 Å². The van der Waals surface area contributed by atoms with Crippen molar-refractivity contribution in [3.63, 3.8) is 0 Å². The highest BCUT2D eigenvalue weighted by molar-refractivity contribution is 5.95. The first kappa shape index (κ1) is 18.6. The first-order valence-corrected chi connectivity index (χ1v) is 9.69. The molecular formula is C22H23FN2O3. The number of aromatic nitrogens is 1. The van der Waals surface area contributed by atoms with Gasteiger partial charge in [0.05, 0.1) is 11.6 Å². The van der Waals surface area contributed by atoms with E-state index >= 15 is 0 Å². The quantitative estimate of drug-likeness (QED) is 0.788. The van der Waals surface area contributed by atoms with Gasteiger partial charge >= 0.3 is 0 Å². The van der Waals surface area contributed by atoms with Crippen molar-refractivity contribution in [2.45, 2.75) is 31.7 Å². The van der Waals surface area contributed by atoms with E-state index in [1.807, 2.05) is 12.2 Å². The van der Waals surface area contributed by atoms with E-state index in [-0.39, 0.29) is 23.4 Å². The van der Waals surface area contributed by atoms with Gasteiger partial charge in [-0.3, -0.25) is 9.69 Å². The van der Waals surface area contributed by atoms with Crippen LogP contribution in [0.2, 0.25) is 0 Å². The average Bonchev–Trinajstić information content (AvgIpc) is 3.09. The zero-order chi connectivity index (χ0) is 19.5. The summed E-state index contributed by atoms with van der Waals surface area (Å²) in [7, 11) is 0. The number of halogens is 1. The van der Waals surface area contributed by atoms with E-state index in [0.717, 1.165) is 37.0 Å². The third kappa shape index (κ3) is 3.78. The lowest BCUT2D eigenvalue weighted by atomic mass is 9.87. The van der Waals surface area contributed by atoms with E-state index in [2.05, 4.69) is 10.1 Å². The Morgan fingerprint density at radius 1 is 1.32 bits per heavy atom. The van der Waals surface area contributed by atoms with Crippen molar-refractivity contribution in [3.8, 4) is 0 Å². The van der Waals surface area contributed by atoms with E-state index < -0.39 is 5.92 Å². The molecule has 2 heterocycles. The predicted molar refractivity (Wildman–Crippen MR) is 104 cm³/mol. The summed E-state index contributed by atoms with van der Waals surface area (Å²) in [6.45, 7) is 1.81. The van der Waals surface area contributed by atoms with Gasteiger partial charge in [-0.15, -0.1) is 0 Å². The molecule has 5 nitrogen and oxygen atoms in total. The molecule has 1 aliphatic heterocycles. The minimum atomic E-state index is -0.581. The largest absolute Gasteiger partial charge is 0.511 e. The molecule has 1 aliphatic carbocycles. The standard InChI is InChI=1S/C22H23FN2O3/c23-15-10-11-16-17(24-28-21(16)14-15)6-4-7-18(25-12-2-1-3-13-25)22-19(26)8-5-9-20(22)27/h4-5,7-11,14,18,22,26H,1-3,6,12-13H2. The van der Waals surface area contributed by atoms with Crippen LogP contribution in [-0.4, -0.2) is 40.1 Å². The predicted octanol–water partition coefficient (Wildman–Crippen LogP) is 4.12. The zero-order valence-electron chi connectivity index (χ0n) is 15.6. The maximum Gasteiger partial charge on any atom is 0.170 e. The van der Waals surface area contributed by atoms with Crippen molar-refractivity contribution in [1.29, 1.82) is 0 Å². The number of fused-ring (bicyclic) bond motifs is 1. The fraction of sp³-hybridized carbons (Fsp3) is 0.364.